The van der Waals surface area contributed by atoms with E-state index in [1.54, 1.807) is 18.2 Å². The van der Waals surface area contributed by atoms with Gasteiger partial charge in [-0.1, -0.05) is 23.8 Å². The summed E-state index contributed by atoms with van der Waals surface area (Å²) in [5, 5.41) is 12.9. The zero-order chi connectivity index (χ0) is 15.6. The molecule has 2 aromatic carbocycles. The summed E-state index contributed by atoms with van der Waals surface area (Å²) in [6.45, 7) is 5.90. The lowest BCUT2D eigenvalue weighted by atomic mass is 10.0. The summed E-state index contributed by atoms with van der Waals surface area (Å²) >= 11 is 0. The molecule has 0 radical (unpaired) electrons. The quantitative estimate of drug-likeness (QED) is 0.906. The van der Waals surface area contributed by atoms with Gasteiger partial charge in [0.2, 0.25) is 0 Å². The molecule has 0 saturated carbocycles. The Morgan fingerprint density at radius 1 is 1.14 bits per heavy atom. The Kier molecular flexibility index (Phi) is 4.17. The number of phenolic OH excluding ortho intramolecular Hbond substituents is 1. The first-order chi connectivity index (χ1) is 9.93. The number of rotatable bonds is 3. The highest BCUT2D eigenvalue weighted by molar-refractivity contribution is 6.07. The van der Waals surface area contributed by atoms with Gasteiger partial charge in [0, 0.05) is 5.69 Å². The minimum absolute atomic E-state index is 0.153. The molecule has 0 aliphatic rings. The van der Waals surface area contributed by atoms with Crippen molar-refractivity contribution in [1.29, 1.82) is 0 Å². The van der Waals surface area contributed by atoms with Crippen LogP contribution in [0.15, 0.2) is 30.3 Å². The van der Waals surface area contributed by atoms with Crippen LogP contribution in [0.5, 0.6) is 11.5 Å². The normalized spacial score (nSPS) is 10.3. The largest absolute Gasteiger partial charge is 0.504 e. The molecule has 4 nitrogen and oxygen atoms in total. The maximum atomic E-state index is 12.4. The van der Waals surface area contributed by atoms with Gasteiger partial charge < -0.3 is 15.2 Å². The minimum Gasteiger partial charge on any atom is -0.504 e. The van der Waals surface area contributed by atoms with Crippen molar-refractivity contribution < 1.29 is 14.6 Å². The molecule has 0 aromatic heterocycles. The summed E-state index contributed by atoms with van der Waals surface area (Å²) in [6, 6.07) is 8.85. The van der Waals surface area contributed by atoms with Crippen molar-refractivity contribution in [2.75, 3.05) is 12.4 Å². The van der Waals surface area contributed by atoms with E-state index in [4.69, 9.17) is 4.74 Å². The molecule has 0 atom stereocenters. The highest BCUT2D eigenvalue weighted by Gasteiger charge is 2.16. The zero-order valence-corrected chi connectivity index (χ0v) is 12.7. The number of aromatic hydroxyl groups is 1. The summed E-state index contributed by atoms with van der Waals surface area (Å²) in [7, 11) is 1.45. The van der Waals surface area contributed by atoms with Crippen LogP contribution in [0.2, 0.25) is 0 Å². The van der Waals surface area contributed by atoms with Gasteiger partial charge in [-0.25, -0.2) is 0 Å². The third-order valence-electron chi connectivity index (χ3n) is 3.38. The van der Waals surface area contributed by atoms with Gasteiger partial charge in [-0.2, -0.15) is 0 Å². The molecule has 110 valence electrons. The van der Waals surface area contributed by atoms with E-state index in [1.807, 2.05) is 32.9 Å². The molecule has 0 bridgehead atoms. The lowest BCUT2D eigenvalue weighted by Gasteiger charge is -2.14. The van der Waals surface area contributed by atoms with Gasteiger partial charge in [0.15, 0.2) is 11.5 Å². The summed E-state index contributed by atoms with van der Waals surface area (Å²) in [5.41, 5.74) is 4.08. The molecule has 4 heteroatoms. The maximum absolute atomic E-state index is 12.4. The predicted molar refractivity (Wildman–Crippen MR) is 83.3 cm³/mol. The Morgan fingerprint density at radius 3 is 2.33 bits per heavy atom. The number of carbonyl (C=O) groups is 1. The van der Waals surface area contributed by atoms with Crippen molar-refractivity contribution in [2.45, 2.75) is 20.8 Å². The number of anilines is 1. The number of methoxy groups -OCH3 is 1. The summed E-state index contributed by atoms with van der Waals surface area (Å²) in [5.74, 6) is -0.235. The van der Waals surface area contributed by atoms with E-state index in [0.29, 0.717) is 0 Å². The van der Waals surface area contributed by atoms with Crippen molar-refractivity contribution in [3.05, 3.63) is 52.6 Å². The third kappa shape index (κ3) is 2.99. The van der Waals surface area contributed by atoms with Crippen LogP contribution >= 0.6 is 0 Å². The van der Waals surface area contributed by atoms with Gasteiger partial charge >= 0.3 is 0 Å². The molecule has 0 fully saturated rings. The van der Waals surface area contributed by atoms with Crippen molar-refractivity contribution in [2.24, 2.45) is 0 Å². The monoisotopic (exact) mass is 285 g/mol. The fourth-order valence-electron chi connectivity index (χ4n) is 2.43. The van der Waals surface area contributed by atoms with Crippen molar-refractivity contribution in [3.63, 3.8) is 0 Å². The average Bonchev–Trinajstić information content (AvgIpc) is 2.42. The zero-order valence-electron chi connectivity index (χ0n) is 12.7. The van der Waals surface area contributed by atoms with Crippen LogP contribution in [-0.4, -0.2) is 18.1 Å². The van der Waals surface area contributed by atoms with Gasteiger partial charge in [0.25, 0.3) is 5.91 Å². The second-order valence-corrected chi connectivity index (χ2v) is 5.08. The van der Waals surface area contributed by atoms with E-state index in [0.717, 1.165) is 22.4 Å². The van der Waals surface area contributed by atoms with Gasteiger partial charge in [0.05, 0.1) is 12.7 Å². The fraction of sp³-hybridized carbons (Fsp3) is 0.235. The molecule has 2 rings (SSSR count). The number of nitrogens with one attached hydrogen (secondary N) is 1. The highest BCUT2D eigenvalue weighted by Crippen LogP contribution is 2.30. The van der Waals surface area contributed by atoms with E-state index < -0.39 is 0 Å². The topological polar surface area (TPSA) is 58.6 Å². The summed E-state index contributed by atoms with van der Waals surface area (Å²) in [6.07, 6.45) is 0. The number of hydrogen-bond donors (Lipinski definition) is 2. The first kappa shape index (κ1) is 14.9. The number of benzene rings is 2. The Labute approximate surface area is 124 Å². The second-order valence-electron chi connectivity index (χ2n) is 5.08. The Balaban J connectivity index is 2.35. The van der Waals surface area contributed by atoms with E-state index in [2.05, 4.69) is 5.32 Å². The predicted octanol–water partition coefficient (Wildman–Crippen LogP) is 3.58. The van der Waals surface area contributed by atoms with E-state index >= 15 is 0 Å². The van der Waals surface area contributed by atoms with Crippen LogP contribution < -0.4 is 10.1 Å². The molecule has 0 spiro atoms. The van der Waals surface area contributed by atoms with Crippen LogP contribution in [0.1, 0.15) is 27.0 Å². The van der Waals surface area contributed by atoms with Crippen LogP contribution in [-0.2, 0) is 0 Å². The van der Waals surface area contributed by atoms with Gasteiger partial charge in [-0.3, -0.25) is 4.79 Å². The van der Waals surface area contributed by atoms with Crippen LogP contribution in [0.25, 0.3) is 0 Å². The highest BCUT2D eigenvalue weighted by atomic mass is 16.5. The van der Waals surface area contributed by atoms with E-state index in [-0.39, 0.29) is 23.0 Å². The molecule has 21 heavy (non-hydrogen) atoms. The van der Waals surface area contributed by atoms with Crippen LogP contribution in [0.4, 0.5) is 5.69 Å². The SMILES string of the molecule is COc1cccc(C(=O)Nc2c(C)cc(C)cc2C)c1O. The molecule has 0 saturated heterocycles. The molecule has 0 aliphatic carbocycles. The fourth-order valence-corrected chi connectivity index (χ4v) is 2.43. The lowest BCUT2D eigenvalue weighted by Crippen LogP contribution is -2.14. The standard InChI is InChI=1S/C17H19NO3/c1-10-8-11(2)15(12(3)9-10)18-17(20)13-6-5-7-14(21-4)16(13)19/h5-9,19H,1-4H3,(H,18,20). The van der Waals surface area contributed by atoms with Crippen molar-refractivity contribution in [3.8, 4) is 11.5 Å². The van der Waals surface area contributed by atoms with Crippen LogP contribution in [0.3, 0.4) is 0 Å². The number of phenols is 1. The molecule has 0 unspecified atom stereocenters. The number of para-hydroxylation sites is 1. The van der Waals surface area contributed by atoms with E-state index in [1.165, 1.54) is 7.11 Å². The number of hydrogen-bond acceptors (Lipinski definition) is 3. The van der Waals surface area contributed by atoms with Crippen molar-refractivity contribution in [1.82, 2.24) is 0 Å². The molecular formula is C17H19NO3. The summed E-state index contributed by atoms with van der Waals surface area (Å²) in [4.78, 5) is 12.4. The smallest absolute Gasteiger partial charge is 0.259 e. The Morgan fingerprint density at radius 2 is 1.76 bits per heavy atom. The van der Waals surface area contributed by atoms with Crippen LogP contribution in [0, 0.1) is 20.8 Å². The second kappa shape index (κ2) is 5.87. The number of ether oxygens (including phenoxy) is 1. The molecular weight excluding hydrogens is 266 g/mol. The van der Waals surface area contributed by atoms with E-state index in [9.17, 15) is 9.90 Å². The molecule has 2 aromatic rings. The first-order valence-electron chi connectivity index (χ1n) is 6.69. The molecule has 0 heterocycles. The molecule has 2 N–H and O–H groups in total. The van der Waals surface area contributed by atoms with Gasteiger partial charge in [0.1, 0.15) is 0 Å². The number of carbonyl (C=O) groups excluding carboxylic acids is 1. The Bertz CT molecular complexity index is 669. The molecule has 0 aliphatic heterocycles. The lowest BCUT2D eigenvalue weighted by molar-refractivity contribution is 0.102. The number of aryl methyl sites for hydroxylation is 3. The number of amides is 1. The third-order valence-corrected chi connectivity index (χ3v) is 3.38. The maximum Gasteiger partial charge on any atom is 0.259 e. The Hall–Kier alpha value is -2.49. The van der Waals surface area contributed by atoms with Gasteiger partial charge in [-0.05, 0) is 44.0 Å². The minimum atomic E-state index is -0.360. The van der Waals surface area contributed by atoms with Crippen molar-refractivity contribution >= 4 is 11.6 Å². The van der Waals surface area contributed by atoms with Gasteiger partial charge in [-0.15, -0.1) is 0 Å². The first-order valence-corrected chi connectivity index (χ1v) is 6.69. The average molecular weight is 285 g/mol. The summed E-state index contributed by atoms with van der Waals surface area (Å²) < 4.78 is 5.02. The molecule has 1 amide bonds.